The number of rotatable bonds is 13. The van der Waals surface area contributed by atoms with Crippen LogP contribution in [-0.4, -0.2) is 57.9 Å². The van der Waals surface area contributed by atoms with Crippen LogP contribution in [0.15, 0.2) is 103 Å². The third-order valence-electron chi connectivity index (χ3n) is 7.68. The molecule has 0 bridgehead atoms. The number of nitrogens with zero attached hydrogens (tertiary/aromatic N) is 2. The van der Waals surface area contributed by atoms with E-state index in [-0.39, 0.29) is 25.0 Å². The molecule has 0 aromatic heterocycles. The van der Waals surface area contributed by atoms with Gasteiger partial charge in [-0.15, -0.1) is 0 Å². The van der Waals surface area contributed by atoms with Crippen molar-refractivity contribution in [2.24, 2.45) is 0 Å². The molecule has 12 heteroatoms. The quantitative estimate of drug-likeness (QED) is 0.177. The zero-order valence-electron chi connectivity index (χ0n) is 26.3. The van der Waals surface area contributed by atoms with Crippen LogP contribution >= 0.6 is 12.1 Å². The molecule has 4 aromatic rings. The van der Waals surface area contributed by atoms with Crippen molar-refractivity contribution < 1.29 is 28.6 Å². The van der Waals surface area contributed by atoms with E-state index in [2.05, 4.69) is 14.8 Å². The molecule has 0 aliphatic carbocycles. The molecule has 11 nitrogen and oxygen atoms in total. The highest BCUT2D eigenvalue weighted by Crippen LogP contribution is 2.35. The summed E-state index contributed by atoms with van der Waals surface area (Å²) >= 11 is 0.876. The Kier molecular flexibility index (Phi) is 11.2. The van der Waals surface area contributed by atoms with Crippen molar-refractivity contribution in [2.75, 3.05) is 37.8 Å². The van der Waals surface area contributed by atoms with Crippen LogP contribution < -0.4 is 38.8 Å². The number of amides is 4. The van der Waals surface area contributed by atoms with Crippen LogP contribution in [0, 0.1) is 0 Å². The summed E-state index contributed by atoms with van der Waals surface area (Å²) in [6.45, 7) is 0.134. The maximum absolute atomic E-state index is 13.7. The number of carbonyl (C=O) groups is 3. The molecule has 1 aliphatic heterocycles. The number of hydrogen-bond acceptors (Lipinski definition) is 8. The number of benzene rings is 4. The molecule has 0 spiro atoms. The fourth-order valence-corrected chi connectivity index (χ4v) is 5.57. The largest absolute Gasteiger partial charge is 0.497 e. The lowest BCUT2D eigenvalue weighted by molar-refractivity contribution is -0.120. The van der Waals surface area contributed by atoms with Gasteiger partial charge in [-0.2, -0.15) is 0 Å². The monoisotopic (exact) mass is 655 g/mol. The predicted molar refractivity (Wildman–Crippen MR) is 183 cm³/mol. The number of likely N-dealkylation sites (N-methyl/N-ethyl adjacent to an activating group) is 2. The second-order valence-electron chi connectivity index (χ2n) is 10.8. The first kappa shape index (κ1) is 33.2. The van der Waals surface area contributed by atoms with Crippen LogP contribution in [0.5, 0.6) is 17.2 Å². The van der Waals surface area contributed by atoms with Crippen LogP contribution in [0.2, 0.25) is 0 Å². The average molecular weight is 656 g/mol. The summed E-state index contributed by atoms with van der Waals surface area (Å²) in [5, 5.41) is 2.82. The molecule has 0 unspecified atom stereocenters. The standard InChI is InChI=1S/C35H37N5O6S/c1-39(26-14-17-28(44-3)18-15-26)33(41)29(20-24-10-6-4-7-11-24)36-35(43)38-47-37-30(21-25-12-8-5-9-13-25)34(42)40(2)27-16-19-31-32(22-27)46-23-45-31/h4-19,22,29-30,37H,20-21,23H2,1-3H3,(H2,36,38,43)/t29-,30-/m0/s1. The summed E-state index contributed by atoms with van der Waals surface area (Å²) in [5.41, 5.74) is 3.12. The number of fused-ring (bicyclic) bond motifs is 1. The normalized spacial score (nSPS) is 12.8. The summed E-state index contributed by atoms with van der Waals surface area (Å²) in [7, 11) is 4.92. The van der Waals surface area contributed by atoms with Crippen molar-refractivity contribution in [3.8, 4) is 17.2 Å². The third-order valence-corrected chi connectivity index (χ3v) is 8.37. The van der Waals surface area contributed by atoms with Crippen LogP contribution in [0.3, 0.4) is 0 Å². The topological polar surface area (TPSA) is 121 Å². The van der Waals surface area contributed by atoms with Crippen molar-refractivity contribution in [3.05, 3.63) is 114 Å². The molecule has 47 heavy (non-hydrogen) atoms. The highest BCUT2D eigenvalue weighted by atomic mass is 32.2. The van der Waals surface area contributed by atoms with Crippen LogP contribution in [0.25, 0.3) is 0 Å². The van der Waals surface area contributed by atoms with Crippen molar-refractivity contribution >= 4 is 41.4 Å². The van der Waals surface area contributed by atoms with Crippen molar-refractivity contribution in [1.29, 1.82) is 0 Å². The van der Waals surface area contributed by atoms with E-state index in [4.69, 9.17) is 14.2 Å². The maximum atomic E-state index is 13.7. The van der Waals surface area contributed by atoms with E-state index in [0.717, 1.165) is 23.3 Å². The van der Waals surface area contributed by atoms with Crippen LogP contribution in [0.4, 0.5) is 16.2 Å². The Morgan fingerprint density at radius 2 is 1.30 bits per heavy atom. The van der Waals surface area contributed by atoms with Gasteiger partial charge in [-0.3, -0.25) is 14.3 Å². The molecule has 1 aliphatic rings. The molecule has 244 valence electrons. The van der Waals surface area contributed by atoms with Gasteiger partial charge in [-0.05, 0) is 53.9 Å². The molecule has 5 rings (SSSR count). The van der Waals surface area contributed by atoms with Gasteiger partial charge in [0.2, 0.25) is 18.6 Å². The second-order valence-corrected chi connectivity index (χ2v) is 11.5. The molecule has 3 N–H and O–H groups in total. The minimum absolute atomic E-state index is 0.134. The van der Waals surface area contributed by atoms with Gasteiger partial charge in [0.15, 0.2) is 11.5 Å². The minimum atomic E-state index is -0.871. The molecule has 2 atom stereocenters. The van der Waals surface area contributed by atoms with Crippen molar-refractivity contribution in [1.82, 2.24) is 14.8 Å². The molecule has 0 fully saturated rings. The van der Waals surface area contributed by atoms with Gasteiger partial charge in [0.25, 0.3) is 0 Å². The van der Waals surface area contributed by atoms with Gasteiger partial charge in [-0.1, -0.05) is 60.7 Å². The molecule has 0 radical (unpaired) electrons. The maximum Gasteiger partial charge on any atom is 0.326 e. The molecule has 4 amide bonds. The lowest BCUT2D eigenvalue weighted by Crippen LogP contribution is -2.51. The SMILES string of the molecule is COc1ccc(N(C)C(=O)[C@H](Cc2ccccc2)NC(=O)NSN[C@@H](Cc2ccccc2)C(=O)N(C)c2ccc3c(c2)OCO3)cc1. The van der Waals surface area contributed by atoms with E-state index in [0.29, 0.717) is 35.0 Å². The Bertz CT molecular complexity index is 1660. The molecule has 0 saturated carbocycles. The van der Waals surface area contributed by atoms with Crippen LogP contribution in [0.1, 0.15) is 11.1 Å². The van der Waals surface area contributed by atoms with Gasteiger partial charge in [0, 0.05) is 50.1 Å². The molecule has 1 heterocycles. The Morgan fingerprint density at radius 3 is 1.94 bits per heavy atom. The van der Waals surface area contributed by atoms with E-state index in [1.807, 2.05) is 60.7 Å². The number of carbonyl (C=O) groups excluding carboxylic acids is 3. The van der Waals surface area contributed by atoms with E-state index in [1.165, 1.54) is 9.80 Å². The Balaban J connectivity index is 1.25. The number of hydrogen-bond donors (Lipinski definition) is 3. The smallest absolute Gasteiger partial charge is 0.326 e. The number of anilines is 2. The second kappa shape index (κ2) is 15.9. The zero-order valence-corrected chi connectivity index (χ0v) is 27.2. The summed E-state index contributed by atoms with van der Waals surface area (Å²) in [6, 6.07) is 29.3. The fraction of sp³-hybridized carbons (Fsp3) is 0.229. The van der Waals surface area contributed by atoms with Crippen molar-refractivity contribution in [3.63, 3.8) is 0 Å². The van der Waals surface area contributed by atoms with E-state index in [9.17, 15) is 14.4 Å². The van der Waals surface area contributed by atoms with E-state index in [1.54, 1.807) is 63.7 Å². The van der Waals surface area contributed by atoms with E-state index >= 15 is 0 Å². The van der Waals surface area contributed by atoms with E-state index < -0.39 is 18.1 Å². The first-order valence-corrected chi connectivity index (χ1v) is 15.8. The van der Waals surface area contributed by atoms with Gasteiger partial charge in [0.1, 0.15) is 17.8 Å². The summed E-state index contributed by atoms with van der Waals surface area (Å²) in [6.07, 6.45) is 0.647. The molecule has 4 aromatic carbocycles. The highest BCUT2D eigenvalue weighted by Gasteiger charge is 2.28. The average Bonchev–Trinajstić information content (AvgIpc) is 3.59. The first-order valence-electron chi connectivity index (χ1n) is 15.0. The number of nitrogens with one attached hydrogen (secondary N) is 3. The fourth-order valence-electron chi connectivity index (χ4n) is 5.04. The van der Waals surface area contributed by atoms with Gasteiger partial charge in [0.05, 0.1) is 7.11 Å². The number of urea groups is 1. The summed E-state index contributed by atoms with van der Waals surface area (Å²) in [5.74, 6) is 1.34. The van der Waals surface area contributed by atoms with Gasteiger partial charge < -0.3 is 29.3 Å². The Hall–Kier alpha value is -5.20. The number of ether oxygens (including phenoxy) is 3. The summed E-state index contributed by atoms with van der Waals surface area (Å²) in [4.78, 5) is 43.6. The number of methoxy groups -OCH3 is 1. The molecular weight excluding hydrogens is 618 g/mol. The zero-order chi connectivity index (χ0) is 33.2. The van der Waals surface area contributed by atoms with Crippen LogP contribution in [-0.2, 0) is 22.4 Å². The lowest BCUT2D eigenvalue weighted by atomic mass is 10.0. The third kappa shape index (κ3) is 8.75. The molecular formula is C35H37N5O6S. The Morgan fingerprint density at radius 1 is 0.745 bits per heavy atom. The first-order chi connectivity index (χ1) is 22.8. The van der Waals surface area contributed by atoms with Gasteiger partial charge >= 0.3 is 6.03 Å². The predicted octanol–water partition coefficient (Wildman–Crippen LogP) is 4.72. The molecule has 0 saturated heterocycles. The minimum Gasteiger partial charge on any atom is -0.497 e. The summed E-state index contributed by atoms with van der Waals surface area (Å²) < 4.78 is 21.9. The highest BCUT2D eigenvalue weighted by molar-refractivity contribution is 7.96. The van der Waals surface area contributed by atoms with Gasteiger partial charge in [-0.25, -0.2) is 9.52 Å². The Labute approximate surface area is 278 Å². The van der Waals surface area contributed by atoms with Crippen molar-refractivity contribution in [2.45, 2.75) is 24.9 Å². The lowest BCUT2D eigenvalue weighted by Gasteiger charge is -2.26.